The Bertz CT molecular complexity index is 452. The predicted molar refractivity (Wildman–Crippen MR) is 65.4 cm³/mol. The van der Waals surface area contributed by atoms with Gasteiger partial charge in [-0.15, -0.1) is 0 Å². The number of pyridine rings is 1. The third kappa shape index (κ3) is 2.72. The molecule has 0 saturated heterocycles. The maximum atomic E-state index is 11.5. The summed E-state index contributed by atoms with van der Waals surface area (Å²) >= 11 is 0. The standard InChI is InChI=1S/C13H14N2O2/c1-2-17-13(16)11-6-9-15(10-7-11)12-5-3-4-8-14-12/h3-9H,2,10H2,1H3. The maximum Gasteiger partial charge on any atom is 0.337 e. The number of carbonyl (C=O) groups is 1. The normalized spacial score (nSPS) is 14.4. The van der Waals surface area contributed by atoms with E-state index in [0.717, 1.165) is 5.82 Å². The lowest BCUT2D eigenvalue weighted by Gasteiger charge is -2.20. The molecule has 1 aromatic rings. The zero-order valence-corrected chi connectivity index (χ0v) is 9.67. The molecule has 0 spiro atoms. The zero-order chi connectivity index (χ0) is 12.1. The average molecular weight is 230 g/mol. The van der Waals surface area contributed by atoms with Crippen molar-refractivity contribution >= 4 is 11.8 Å². The SMILES string of the molecule is CCOC(=O)C1=CCN(c2ccccn2)C=C1. The number of nitrogens with zero attached hydrogens (tertiary/aromatic N) is 2. The van der Waals surface area contributed by atoms with Crippen molar-refractivity contribution in [3.05, 3.63) is 48.3 Å². The number of esters is 1. The van der Waals surface area contributed by atoms with Gasteiger partial charge in [0.05, 0.1) is 12.2 Å². The molecule has 2 heterocycles. The van der Waals surface area contributed by atoms with E-state index < -0.39 is 0 Å². The first kappa shape index (κ1) is 11.4. The fourth-order valence-corrected chi connectivity index (χ4v) is 1.56. The molecule has 1 aliphatic rings. The first-order valence-corrected chi connectivity index (χ1v) is 5.54. The molecule has 0 saturated carbocycles. The Morgan fingerprint density at radius 3 is 3.00 bits per heavy atom. The van der Waals surface area contributed by atoms with Gasteiger partial charge in [-0.3, -0.25) is 0 Å². The summed E-state index contributed by atoms with van der Waals surface area (Å²) in [5, 5.41) is 0. The van der Waals surface area contributed by atoms with Crippen molar-refractivity contribution in [2.24, 2.45) is 0 Å². The van der Waals surface area contributed by atoms with Gasteiger partial charge in [-0.25, -0.2) is 9.78 Å². The van der Waals surface area contributed by atoms with Gasteiger partial charge in [0, 0.05) is 18.9 Å². The molecule has 88 valence electrons. The van der Waals surface area contributed by atoms with E-state index in [1.165, 1.54) is 0 Å². The van der Waals surface area contributed by atoms with Gasteiger partial charge < -0.3 is 9.64 Å². The predicted octanol–water partition coefficient (Wildman–Crippen LogP) is 1.90. The molecular formula is C13H14N2O2. The summed E-state index contributed by atoms with van der Waals surface area (Å²) in [5.41, 5.74) is 0.596. The first-order valence-electron chi connectivity index (χ1n) is 5.54. The van der Waals surface area contributed by atoms with Crippen LogP contribution in [0.3, 0.4) is 0 Å². The minimum Gasteiger partial charge on any atom is -0.462 e. The van der Waals surface area contributed by atoms with Gasteiger partial charge in [-0.05, 0) is 25.1 Å². The fourth-order valence-electron chi connectivity index (χ4n) is 1.56. The van der Waals surface area contributed by atoms with Crippen molar-refractivity contribution in [2.45, 2.75) is 6.92 Å². The van der Waals surface area contributed by atoms with Gasteiger partial charge in [-0.2, -0.15) is 0 Å². The zero-order valence-electron chi connectivity index (χ0n) is 9.67. The van der Waals surface area contributed by atoms with Crippen LogP contribution in [-0.2, 0) is 9.53 Å². The molecule has 0 aliphatic carbocycles. The number of hydrogen-bond donors (Lipinski definition) is 0. The van der Waals surface area contributed by atoms with Crippen LogP contribution in [-0.4, -0.2) is 24.1 Å². The van der Waals surface area contributed by atoms with Crippen LogP contribution >= 0.6 is 0 Å². The van der Waals surface area contributed by atoms with E-state index in [1.54, 1.807) is 19.2 Å². The molecule has 0 bridgehead atoms. The molecule has 1 aliphatic heterocycles. The third-order valence-corrected chi connectivity index (χ3v) is 2.40. The highest BCUT2D eigenvalue weighted by Gasteiger charge is 2.13. The minimum atomic E-state index is -0.274. The molecule has 0 unspecified atom stereocenters. The highest BCUT2D eigenvalue weighted by atomic mass is 16.5. The number of hydrogen-bond acceptors (Lipinski definition) is 4. The monoisotopic (exact) mass is 230 g/mol. The summed E-state index contributed by atoms with van der Waals surface area (Å²) in [7, 11) is 0. The van der Waals surface area contributed by atoms with E-state index >= 15 is 0 Å². The topological polar surface area (TPSA) is 42.4 Å². The van der Waals surface area contributed by atoms with E-state index in [-0.39, 0.29) is 5.97 Å². The molecule has 0 aromatic carbocycles. The number of anilines is 1. The molecule has 0 fully saturated rings. The molecular weight excluding hydrogens is 216 g/mol. The molecule has 0 N–H and O–H groups in total. The fraction of sp³-hybridized carbons (Fsp3) is 0.231. The third-order valence-electron chi connectivity index (χ3n) is 2.40. The van der Waals surface area contributed by atoms with E-state index in [9.17, 15) is 4.79 Å². The second-order valence-electron chi connectivity index (χ2n) is 3.54. The molecule has 0 atom stereocenters. The Labute approximate surface area is 100 Å². The molecule has 17 heavy (non-hydrogen) atoms. The van der Waals surface area contributed by atoms with E-state index in [2.05, 4.69) is 4.98 Å². The summed E-state index contributed by atoms with van der Waals surface area (Å²) in [6.45, 7) is 2.82. The van der Waals surface area contributed by atoms with Crippen molar-refractivity contribution < 1.29 is 9.53 Å². The minimum absolute atomic E-state index is 0.274. The van der Waals surface area contributed by atoms with Crippen LogP contribution in [0, 0.1) is 0 Å². The highest BCUT2D eigenvalue weighted by molar-refractivity contribution is 5.92. The van der Waals surface area contributed by atoms with Crippen LogP contribution in [0.5, 0.6) is 0 Å². The summed E-state index contributed by atoms with van der Waals surface area (Å²) in [6, 6.07) is 5.73. The number of carbonyl (C=O) groups excluding carboxylic acids is 1. The maximum absolute atomic E-state index is 11.5. The second kappa shape index (κ2) is 5.30. The summed E-state index contributed by atoms with van der Waals surface area (Å²) in [6.07, 6.45) is 7.17. The largest absolute Gasteiger partial charge is 0.462 e. The lowest BCUT2D eigenvalue weighted by molar-refractivity contribution is -0.138. The lowest BCUT2D eigenvalue weighted by Crippen LogP contribution is -2.22. The molecule has 4 nitrogen and oxygen atoms in total. The van der Waals surface area contributed by atoms with Crippen LogP contribution in [0.2, 0.25) is 0 Å². The van der Waals surface area contributed by atoms with Crippen LogP contribution in [0.4, 0.5) is 5.82 Å². The van der Waals surface area contributed by atoms with Crippen LogP contribution in [0.25, 0.3) is 0 Å². The summed E-state index contributed by atoms with van der Waals surface area (Å²) in [4.78, 5) is 17.7. The number of rotatable bonds is 3. The van der Waals surface area contributed by atoms with Crippen molar-refractivity contribution in [2.75, 3.05) is 18.1 Å². The molecule has 1 aromatic heterocycles. The Balaban J connectivity index is 2.03. The average Bonchev–Trinajstić information content (AvgIpc) is 2.40. The second-order valence-corrected chi connectivity index (χ2v) is 3.54. The van der Waals surface area contributed by atoms with Gasteiger partial charge in [0.25, 0.3) is 0 Å². The number of aromatic nitrogens is 1. The highest BCUT2D eigenvalue weighted by Crippen LogP contribution is 2.15. The molecule has 4 heteroatoms. The quantitative estimate of drug-likeness (QED) is 0.744. The Kier molecular flexibility index (Phi) is 3.55. The van der Waals surface area contributed by atoms with Gasteiger partial charge >= 0.3 is 5.97 Å². The Hall–Kier alpha value is -2.10. The molecule has 2 rings (SSSR count). The van der Waals surface area contributed by atoms with Crippen LogP contribution in [0.15, 0.2) is 48.3 Å². The summed E-state index contributed by atoms with van der Waals surface area (Å²) in [5.74, 6) is 0.590. The van der Waals surface area contributed by atoms with Crippen molar-refractivity contribution in [3.63, 3.8) is 0 Å². The number of ether oxygens (including phenoxy) is 1. The van der Waals surface area contributed by atoms with E-state index in [1.807, 2.05) is 35.4 Å². The van der Waals surface area contributed by atoms with Gasteiger partial charge in [0.2, 0.25) is 0 Å². The van der Waals surface area contributed by atoms with Crippen molar-refractivity contribution in [1.82, 2.24) is 4.98 Å². The van der Waals surface area contributed by atoms with Crippen molar-refractivity contribution in [3.8, 4) is 0 Å². The van der Waals surface area contributed by atoms with E-state index in [0.29, 0.717) is 18.7 Å². The van der Waals surface area contributed by atoms with Crippen molar-refractivity contribution in [1.29, 1.82) is 0 Å². The first-order chi connectivity index (χ1) is 8.31. The van der Waals surface area contributed by atoms with Crippen LogP contribution in [0.1, 0.15) is 6.92 Å². The molecule has 0 radical (unpaired) electrons. The Morgan fingerprint density at radius 2 is 2.41 bits per heavy atom. The van der Waals surface area contributed by atoms with Gasteiger partial charge in [-0.1, -0.05) is 12.1 Å². The Morgan fingerprint density at radius 1 is 1.53 bits per heavy atom. The van der Waals surface area contributed by atoms with Gasteiger partial charge in [0.15, 0.2) is 0 Å². The van der Waals surface area contributed by atoms with E-state index in [4.69, 9.17) is 4.74 Å². The lowest BCUT2D eigenvalue weighted by atomic mass is 10.2. The molecule has 0 amide bonds. The summed E-state index contributed by atoms with van der Waals surface area (Å²) < 4.78 is 4.93. The van der Waals surface area contributed by atoms with Gasteiger partial charge in [0.1, 0.15) is 5.82 Å². The van der Waals surface area contributed by atoms with Crippen LogP contribution < -0.4 is 4.90 Å². The smallest absolute Gasteiger partial charge is 0.337 e.